The molecule has 13 heteroatoms. The molecule has 0 spiro atoms. The summed E-state index contributed by atoms with van der Waals surface area (Å²) in [5, 5.41) is 34.8. The van der Waals surface area contributed by atoms with Gasteiger partial charge in [0.05, 0.1) is 0 Å². The summed E-state index contributed by atoms with van der Waals surface area (Å²) in [5.41, 5.74) is 2.80. The SMILES string of the molecule is CC(=O)NC(CCCNC(=N)N[N+](=O)[O-])C(=O)NCCN1CC[C@](C)(c2cccc(O)c2)[C@@H](C)C1.O. The number of phenols is 1. The minimum atomic E-state index is -0.834. The lowest BCUT2D eigenvalue weighted by Gasteiger charge is -2.45. The van der Waals surface area contributed by atoms with E-state index in [0.717, 1.165) is 25.1 Å². The molecule has 1 unspecified atom stereocenters. The summed E-state index contributed by atoms with van der Waals surface area (Å²) in [4.78, 5) is 36.8. The molecule has 2 rings (SSSR count). The van der Waals surface area contributed by atoms with Crippen LogP contribution in [0.4, 0.5) is 0 Å². The Morgan fingerprint density at radius 3 is 2.67 bits per heavy atom. The number of carbonyl (C=O) groups excluding carboxylic acids is 2. The Hall–Kier alpha value is -3.45. The van der Waals surface area contributed by atoms with Gasteiger partial charge >= 0.3 is 0 Å². The van der Waals surface area contributed by atoms with Gasteiger partial charge in [0.2, 0.25) is 11.8 Å². The number of nitrogens with zero attached hydrogens (tertiary/aromatic N) is 2. The van der Waals surface area contributed by atoms with Gasteiger partial charge in [-0.1, -0.05) is 31.4 Å². The van der Waals surface area contributed by atoms with E-state index in [4.69, 9.17) is 5.41 Å². The van der Waals surface area contributed by atoms with Crippen molar-refractivity contribution in [2.75, 3.05) is 32.7 Å². The van der Waals surface area contributed by atoms with Crippen molar-refractivity contribution in [1.29, 1.82) is 5.41 Å². The largest absolute Gasteiger partial charge is 0.508 e. The molecule has 1 fully saturated rings. The molecule has 1 aliphatic heterocycles. The van der Waals surface area contributed by atoms with Crippen LogP contribution in [-0.2, 0) is 15.0 Å². The number of benzene rings is 1. The summed E-state index contributed by atoms with van der Waals surface area (Å²) >= 11 is 0. The molecule has 13 nitrogen and oxygen atoms in total. The second-order valence-electron chi connectivity index (χ2n) is 9.28. The smallest absolute Gasteiger partial charge is 0.251 e. The number of phenolic OH excluding ortho intramolecular Hbond substituents is 1. The average molecular weight is 510 g/mol. The molecule has 1 aromatic carbocycles. The first-order chi connectivity index (χ1) is 16.5. The number of guanidine groups is 1. The minimum Gasteiger partial charge on any atom is -0.508 e. The maximum atomic E-state index is 12.6. The molecule has 1 heterocycles. The standard InChI is InChI=1S/C23H37N7O5.H2O/c1-16-15-29(12-9-23(16,3)18-6-4-7-19(32)14-18)13-11-25-21(33)20(27-17(2)31)8-5-10-26-22(24)28-30(34)35;/h4,6-7,14,16,20,32H,5,8-13,15H2,1-3H3,(H,25,33)(H,27,31)(H3,24,26,28);1H2/t16-,20?,23-;/m0./s1. The van der Waals surface area contributed by atoms with E-state index >= 15 is 0 Å². The molecule has 2 amide bonds. The maximum Gasteiger partial charge on any atom is 0.251 e. The molecule has 36 heavy (non-hydrogen) atoms. The summed E-state index contributed by atoms with van der Waals surface area (Å²) in [7, 11) is 0. The van der Waals surface area contributed by atoms with E-state index < -0.39 is 17.0 Å². The quantitative estimate of drug-likeness (QED) is 0.0777. The third-order valence-corrected chi connectivity index (χ3v) is 6.67. The number of nitro groups is 1. The normalized spacial score (nSPS) is 20.4. The summed E-state index contributed by atoms with van der Waals surface area (Å²) in [5.74, 6) is -0.411. The molecule has 0 saturated carbocycles. The predicted molar refractivity (Wildman–Crippen MR) is 135 cm³/mol. The van der Waals surface area contributed by atoms with Crippen molar-refractivity contribution >= 4 is 17.8 Å². The molecule has 0 aliphatic carbocycles. The Balaban J connectivity index is 0.00000648. The number of rotatable bonds is 11. The van der Waals surface area contributed by atoms with Crippen LogP contribution in [-0.4, -0.2) is 77.1 Å². The number of piperidine rings is 1. The van der Waals surface area contributed by atoms with Crippen LogP contribution in [0.1, 0.15) is 45.6 Å². The van der Waals surface area contributed by atoms with Gasteiger partial charge in [0.1, 0.15) is 11.8 Å². The molecule has 1 saturated heterocycles. The Bertz CT molecular complexity index is 915. The van der Waals surface area contributed by atoms with E-state index in [0.29, 0.717) is 31.8 Å². The molecule has 0 aromatic heterocycles. The zero-order chi connectivity index (χ0) is 26.0. The second kappa shape index (κ2) is 14.2. The van der Waals surface area contributed by atoms with Gasteiger partial charge in [0.25, 0.3) is 5.96 Å². The first-order valence-corrected chi connectivity index (χ1v) is 11.8. The zero-order valence-electron chi connectivity index (χ0n) is 21.1. The lowest BCUT2D eigenvalue weighted by Crippen LogP contribution is -2.51. The van der Waals surface area contributed by atoms with Gasteiger partial charge in [-0.15, -0.1) is 0 Å². The van der Waals surface area contributed by atoms with E-state index in [-0.39, 0.29) is 35.0 Å². The van der Waals surface area contributed by atoms with Crippen LogP contribution in [0.3, 0.4) is 0 Å². The first-order valence-electron chi connectivity index (χ1n) is 11.8. The summed E-state index contributed by atoms with van der Waals surface area (Å²) in [6.07, 6.45) is 1.69. The topological polar surface area (TPSA) is 204 Å². The maximum absolute atomic E-state index is 12.6. The van der Waals surface area contributed by atoms with Crippen molar-refractivity contribution < 1.29 is 25.2 Å². The van der Waals surface area contributed by atoms with Gasteiger partial charge in [0, 0.05) is 33.1 Å². The van der Waals surface area contributed by atoms with Crippen LogP contribution in [0.15, 0.2) is 24.3 Å². The highest BCUT2D eigenvalue weighted by Crippen LogP contribution is 2.40. The van der Waals surface area contributed by atoms with Gasteiger partial charge in [-0.3, -0.25) is 15.0 Å². The number of aromatic hydroxyl groups is 1. The number of nitrogens with one attached hydrogen (secondary N) is 5. The number of hydrazine groups is 1. The van der Waals surface area contributed by atoms with Crippen LogP contribution in [0.5, 0.6) is 5.75 Å². The van der Waals surface area contributed by atoms with Crippen LogP contribution in [0.2, 0.25) is 0 Å². The highest BCUT2D eigenvalue weighted by molar-refractivity contribution is 5.86. The van der Waals surface area contributed by atoms with Crippen molar-refractivity contribution in [2.24, 2.45) is 5.92 Å². The Morgan fingerprint density at radius 2 is 2.06 bits per heavy atom. The molecule has 202 valence electrons. The van der Waals surface area contributed by atoms with E-state index in [1.807, 2.05) is 12.1 Å². The Kier molecular flexibility index (Phi) is 12.1. The Labute approximate surface area is 210 Å². The first kappa shape index (κ1) is 30.6. The molecular formula is C23H39N7O6. The van der Waals surface area contributed by atoms with Crippen LogP contribution in [0, 0.1) is 21.4 Å². The lowest BCUT2D eigenvalue weighted by molar-refractivity contribution is -0.525. The summed E-state index contributed by atoms with van der Waals surface area (Å²) in [6.45, 7) is 8.89. The fourth-order valence-electron chi connectivity index (χ4n) is 4.43. The molecule has 0 radical (unpaired) electrons. The lowest BCUT2D eigenvalue weighted by atomic mass is 9.68. The molecule has 0 bridgehead atoms. The third kappa shape index (κ3) is 9.30. The highest BCUT2D eigenvalue weighted by atomic mass is 16.7. The van der Waals surface area contributed by atoms with E-state index in [2.05, 4.69) is 40.8 Å². The molecule has 3 atom stereocenters. The van der Waals surface area contributed by atoms with Crippen LogP contribution >= 0.6 is 0 Å². The van der Waals surface area contributed by atoms with Crippen molar-refractivity contribution in [1.82, 2.24) is 26.3 Å². The molecule has 8 N–H and O–H groups in total. The van der Waals surface area contributed by atoms with E-state index in [9.17, 15) is 24.8 Å². The van der Waals surface area contributed by atoms with Crippen molar-refractivity contribution in [3.05, 3.63) is 39.9 Å². The summed E-state index contributed by atoms with van der Waals surface area (Å²) in [6, 6.07) is 6.73. The second-order valence-corrected chi connectivity index (χ2v) is 9.28. The Morgan fingerprint density at radius 1 is 1.33 bits per heavy atom. The number of likely N-dealkylation sites (tertiary alicyclic amines) is 1. The van der Waals surface area contributed by atoms with Crippen LogP contribution in [0.25, 0.3) is 0 Å². The van der Waals surface area contributed by atoms with Crippen LogP contribution < -0.4 is 21.4 Å². The zero-order valence-corrected chi connectivity index (χ0v) is 21.1. The predicted octanol–water partition coefficient (Wildman–Crippen LogP) is -0.126. The van der Waals surface area contributed by atoms with Crippen molar-refractivity contribution in [2.45, 2.75) is 51.5 Å². The fraction of sp³-hybridized carbons (Fsp3) is 0.609. The number of amides is 2. The highest BCUT2D eigenvalue weighted by Gasteiger charge is 2.38. The number of hydrogen-bond donors (Lipinski definition) is 6. The van der Waals surface area contributed by atoms with Gasteiger partial charge < -0.3 is 31.4 Å². The van der Waals surface area contributed by atoms with E-state index in [1.165, 1.54) is 6.92 Å². The third-order valence-electron chi connectivity index (χ3n) is 6.67. The molecule has 1 aromatic rings. The minimum absolute atomic E-state index is 0. The number of carbonyl (C=O) groups is 2. The monoisotopic (exact) mass is 509 g/mol. The van der Waals surface area contributed by atoms with Crippen molar-refractivity contribution in [3.8, 4) is 5.75 Å². The van der Waals surface area contributed by atoms with Crippen molar-refractivity contribution in [3.63, 3.8) is 0 Å². The van der Waals surface area contributed by atoms with E-state index in [1.54, 1.807) is 11.5 Å². The number of hydrogen-bond acceptors (Lipinski definition) is 7. The van der Waals surface area contributed by atoms with Gasteiger partial charge in [-0.05, 0) is 54.8 Å². The molecular weight excluding hydrogens is 470 g/mol. The van der Waals surface area contributed by atoms with Gasteiger partial charge in [-0.2, -0.15) is 0 Å². The van der Waals surface area contributed by atoms with Gasteiger partial charge in [-0.25, -0.2) is 10.1 Å². The molecule has 1 aliphatic rings. The van der Waals surface area contributed by atoms with Gasteiger partial charge in [0.15, 0.2) is 5.03 Å². The average Bonchev–Trinajstić information content (AvgIpc) is 2.77. The summed E-state index contributed by atoms with van der Waals surface area (Å²) < 4.78 is 0. The fourth-order valence-corrected chi connectivity index (χ4v) is 4.43.